The molecule has 1 aliphatic rings. The summed E-state index contributed by atoms with van der Waals surface area (Å²) in [5.41, 5.74) is 9.09. The predicted octanol–water partition coefficient (Wildman–Crippen LogP) is 5.31. The molecule has 2 heterocycles. The molecule has 0 bridgehead atoms. The minimum absolute atomic E-state index is 0.123. The molecule has 1 aliphatic carbocycles. The lowest BCUT2D eigenvalue weighted by molar-refractivity contribution is 0.532. The van der Waals surface area contributed by atoms with E-state index in [1.807, 2.05) is 13.1 Å². The summed E-state index contributed by atoms with van der Waals surface area (Å²) in [7, 11) is -3.87. The van der Waals surface area contributed by atoms with Crippen LogP contribution in [0.1, 0.15) is 45.1 Å². The van der Waals surface area contributed by atoms with Gasteiger partial charge < -0.3 is 20.6 Å². The number of fused-ring (bicyclic) bond motifs is 1. The molecule has 0 amide bonds. The van der Waals surface area contributed by atoms with Gasteiger partial charge in [0.25, 0.3) is 10.0 Å². The van der Waals surface area contributed by atoms with Crippen molar-refractivity contribution >= 4 is 38.2 Å². The summed E-state index contributed by atoms with van der Waals surface area (Å²) in [6.07, 6.45) is 8.60. The largest absolute Gasteiger partial charge is 0.758 e. The molecule has 0 spiro atoms. The van der Waals surface area contributed by atoms with Gasteiger partial charge in [0.05, 0.1) is 21.7 Å². The second-order valence-electron chi connectivity index (χ2n) is 9.10. The van der Waals surface area contributed by atoms with Gasteiger partial charge >= 0.3 is 0 Å². The third-order valence-electron chi connectivity index (χ3n) is 6.66. The van der Waals surface area contributed by atoms with E-state index in [0.717, 1.165) is 40.1 Å². The van der Waals surface area contributed by atoms with Crippen LogP contribution in [0.5, 0.6) is 0 Å². The maximum atomic E-state index is 13.0. The number of nitrogens with zero attached hydrogens (tertiary/aromatic N) is 4. The fourth-order valence-corrected chi connectivity index (χ4v) is 6.00. The van der Waals surface area contributed by atoms with Crippen LogP contribution >= 0.6 is 0 Å². The summed E-state index contributed by atoms with van der Waals surface area (Å²) >= 11 is 0. The standard InChI is InChI=1S/C26H29N6O3S/c1-2-14-32(33)23-15-18(12-13-22(23)30-36(34,35)20-10-4-3-5-11-20)21-16-31(19-8-6-7-9-19)26-24(21)25(27)28-17-29-26/h3-5,10-13,15-17,19,30H,2,6-9,14H2,1H3,(H2,27,28,29)/q-1. The van der Waals surface area contributed by atoms with E-state index in [2.05, 4.69) is 19.3 Å². The molecule has 9 nitrogen and oxygen atoms in total. The Morgan fingerprint density at radius 3 is 2.61 bits per heavy atom. The predicted molar refractivity (Wildman–Crippen MR) is 143 cm³/mol. The first-order valence-corrected chi connectivity index (χ1v) is 13.7. The van der Waals surface area contributed by atoms with Crippen LogP contribution in [0.4, 0.5) is 17.2 Å². The van der Waals surface area contributed by atoms with E-state index in [-0.39, 0.29) is 22.8 Å². The molecule has 3 N–H and O–H groups in total. The van der Waals surface area contributed by atoms with Crippen molar-refractivity contribution in [3.63, 3.8) is 0 Å². The maximum absolute atomic E-state index is 13.0. The summed E-state index contributed by atoms with van der Waals surface area (Å²) < 4.78 is 30.7. The third kappa shape index (κ3) is 4.49. The van der Waals surface area contributed by atoms with Crippen molar-refractivity contribution in [2.24, 2.45) is 0 Å². The Morgan fingerprint density at radius 2 is 1.89 bits per heavy atom. The maximum Gasteiger partial charge on any atom is 0.261 e. The van der Waals surface area contributed by atoms with Crippen LogP contribution in [-0.2, 0) is 10.0 Å². The second kappa shape index (κ2) is 9.79. The zero-order valence-corrected chi connectivity index (χ0v) is 20.9. The summed E-state index contributed by atoms with van der Waals surface area (Å²) in [5, 5.41) is 14.6. The van der Waals surface area contributed by atoms with Crippen LogP contribution in [-0.4, -0.2) is 29.5 Å². The Kier molecular flexibility index (Phi) is 6.55. The number of hydrogen-bond acceptors (Lipinski definition) is 7. The van der Waals surface area contributed by atoms with Crippen molar-refractivity contribution in [1.29, 1.82) is 0 Å². The Labute approximate surface area is 210 Å². The van der Waals surface area contributed by atoms with Crippen LogP contribution in [0.25, 0.3) is 22.2 Å². The molecule has 36 heavy (non-hydrogen) atoms. The van der Waals surface area contributed by atoms with Crippen molar-refractivity contribution < 1.29 is 8.42 Å². The average Bonchev–Trinajstić information content (AvgIpc) is 3.54. The number of anilines is 3. The minimum atomic E-state index is -3.87. The van der Waals surface area contributed by atoms with Gasteiger partial charge in [-0.15, -0.1) is 0 Å². The molecule has 0 atom stereocenters. The van der Waals surface area contributed by atoms with E-state index >= 15 is 0 Å². The van der Waals surface area contributed by atoms with Gasteiger partial charge in [-0.05, 0) is 49.1 Å². The lowest BCUT2D eigenvalue weighted by atomic mass is 10.0. The number of nitrogen functional groups attached to an aromatic ring is 1. The molecule has 4 aromatic rings. The lowest BCUT2D eigenvalue weighted by Gasteiger charge is -2.32. The Balaban J connectivity index is 1.62. The van der Waals surface area contributed by atoms with Gasteiger partial charge in [-0.1, -0.05) is 44.0 Å². The van der Waals surface area contributed by atoms with E-state index in [4.69, 9.17) is 5.73 Å². The Hall–Kier alpha value is -3.63. The highest BCUT2D eigenvalue weighted by Gasteiger charge is 2.24. The fourth-order valence-electron chi connectivity index (χ4n) is 4.91. The number of benzene rings is 2. The highest BCUT2D eigenvalue weighted by Crippen LogP contribution is 2.41. The number of hydroxylamine groups is 1. The smallest absolute Gasteiger partial charge is 0.261 e. The Bertz CT molecular complexity index is 1480. The number of nitrogens with two attached hydrogens (primary N) is 1. The van der Waals surface area contributed by atoms with Gasteiger partial charge in [0.2, 0.25) is 0 Å². The molecule has 188 valence electrons. The summed E-state index contributed by atoms with van der Waals surface area (Å²) in [6, 6.07) is 13.6. The van der Waals surface area contributed by atoms with E-state index in [1.165, 1.54) is 31.3 Å². The molecule has 10 heteroatoms. The minimum Gasteiger partial charge on any atom is -0.758 e. The average molecular weight is 506 g/mol. The van der Waals surface area contributed by atoms with E-state index in [0.29, 0.717) is 18.3 Å². The molecule has 5 rings (SSSR count). The highest BCUT2D eigenvalue weighted by molar-refractivity contribution is 7.92. The quantitative estimate of drug-likeness (QED) is 0.310. The van der Waals surface area contributed by atoms with Crippen LogP contribution in [0.2, 0.25) is 0 Å². The van der Waals surface area contributed by atoms with Crippen LogP contribution in [0.3, 0.4) is 0 Å². The van der Waals surface area contributed by atoms with E-state index in [9.17, 15) is 13.6 Å². The molecule has 2 aromatic heterocycles. The zero-order chi connectivity index (χ0) is 25.3. The van der Waals surface area contributed by atoms with Crippen molar-refractivity contribution in [1.82, 2.24) is 14.5 Å². The van der Waals surface area contributed by atoms with Gasteiger partial charge in [0.1, 0.15) is 17.8 Å². The molecule has 1 fully saturated rings. The highest BCUT2D eigenvalue weighted by atomic mass is 32.2. The molecule has 2 aromatic carbocycles. The van der Waals surface area contributed by atoms with Gasteiger partial charge in [0.15, 0.2) is 0 Å². The topological polar surface area (TPSA) is 129 Å². The number of sulfonamides is 1. The molecule has 0 unspecified atom stereocenters. The molecule has 1 saturated carbocycles. The zero-order valence-electron chi connectivity index (χ0n) is 20.1. The molecule has 0 saturated heterocycles. The molecule has 0 radical (unpaired) electrons. The number of aromatic nitrogens is 3. The number of hydrogen-bond donors (Lipinski definition) is 2. The first-order valence-electron chi connectivity index (χ1n) is 12.2. The molecule has 0 aliphatic heterocycles. The Morgan fingerprint density at radius 1 is 1.14 bits per heavy atom. The molecular weight excluding hydrogens is 476 g/mol. The van der Waals surface area contributed by atoms with Crippen molar-refractivity contribution in [2.45, 2.75) is 50.0 Å². The van der Waals surface area contributed by atoms with Crippen molar-refractivity contribution in [2.75, 3.05) is 22.1 Å². The second-order valence-corrected chi connectivity index (χ2v) is 10.8. The first-order chi connectivity index (χ1) is 17.4. The van der Waals surface area contributed by atoms with Crippen LogP contribution in [0.15, 0.2) is 66.0 Å². The normalized spacial score (nSPS) is 14.4. The number of nitrogens with one attached hydrogen (secondary N) is 1. The van der Waals surface area contributed by atoms with E-state index < -0.39 is 10.0 Å². The van der Waals surface area contributed by atoms with Gasteiger partial charge in [0, 0.05) is 24.3 Å². The summed E-state index contributed by atoms with van der Waals surface area (Å²) in [4.78, 5) is 8.86. The first kappa shape index (κ1) is 24.1. The monoisotopic (exact) mass is 505 g/mol. The SMILES string of the molecule is CCCN([O-])c1cc(-c2cn(C3CCCC3)c3ncnc(N)c23)ccc1NS(=O)(=O)c1ccccc1. The van der Waals surface area contributed by atoms with Gasteiger partial charge in [-0.3, -0.25) is 4.72 Å². The summed E-state index contributed by atoms with van der Waals surface area (Å²) in [6.45, 7) is 2.12. The van der Waals surface area contributed by atoms with Crippen molar-refractivity contribution in [3.05, 3.63) is 66.3 Å². The van der Waals surface area contributed by atoms with Crippen LogP contribution < -0.4 is 15.5 Å². The van der Waals surface area contributed by atoms with Crippen molar-refractivity contribution in [3.8, 4) is 11.1 Å². The van der Waals surface area contributed by atoms with E-state index in [1.54, 1.807) is 36.4 Å². The third-order valence-corrected chi connectivity index (χ3v) is 8.04. The summed E-state index contributed by atoms with van der Waals surface area (Å²) in [5.74, 6) is 0.370. The molecular formula is C26H29N6O3S-. The fraction of sp³-hybridized carbons (Fsp3) is 0.308. The number of rotatable bonds is 8. The van der Waals surface area contributed by atoms with Gasteiger partial charge in [-0.25, -0.2) is 18.4 Å². The van der Waals surface area contributed by atoms with Crippen LogP contribution in [0, 0.1) is 5.21 Å². The lowest BCUT2D eigenvalue weighted by Crippen LogP contribution is -2.20. The van der Waals surface area contributed by atoms with Gasteiger partial charge in [-0.2, -0.15) is 0 Å².